The van der Waals surface area contributed by atoms with E-state index in [1.54, 1.807) is 42.5 Å². The fourth-order valence-corrected chi connectivity index (χ4v) is 4.92. The number of nitrogens with one attached hydrogen (secondary N) is 1. The number of hydrogen-bond acceptors (Lipinski definition) is 4. The summed E-state index contributed by atoms with van der Waals surface area (Å²) in [5.41, 5.74) is 1.80. The number of benzene rings is 3. The normalized spacial score (nSPS) is 11.0. The van der Waals surface area contributed by atoms with Gasteiger partial charge in [-0.2, -0.15) is 5.26 Å². The van der Waals surface area contributed by atoms with E-state index < -0.39 is 11.9 Å². The largest absolute Gasteiger partial charge is 0.487 e. The molecule has 172 valence electrons. The second kappa shape index (κ2) is 11.7. The summed E-state index contributed by atoms with van der Waals surface area (Å²) in [5, 5.41) is 21.6. The Kier molecular flexibility index (Phi) is 8.97. The van der Waals surface area contributed by atoms with Crippen molar-refractivity contribution in [2.75, 3.05) is 5.32 Å². The first-order chi connectivity index (χ1) is 16.2. The van der Waals surface area contributed by atoms with Gasteiger partial charge in [0.25, 0.3) is 5.91 Å². The molecular formula is C24H14BrCl2IN2O4. The molecule has 3 aromatic carbocycles. The van der Waals surface area contributed by atoms with Crippen LogP contribution in [0.15, 0.2) is 64.6 Å². The Morgan fingerprint density at radius 1 is 1.18 bits per heavy atom. The van der Waals surface area contributed by atoms with E-state index in [4.69, 9.17) is 33.0 Å². The number of hydrogen-bond donors (Lipinski definition) is 2. The van der Waals surface area contributed by atoms with E-state index in [0.29, 0.717) is 21.5 Å². The molecule has 0 unspecified atom stereocenters. The number of nitriles is 1. The lowest BCUT2D eigenvalue weighted by Crippen LogP contribution is -2.13. The molecule has 0 aromatic heterocycles. The maximum absolute atomic E-state index is 12.6. The van der Waals surface area contributed by atoms with Gasteiger partial charge in [0, 0.05) is 0 Å². The standard InChI is InChI=1S/C24H14BrCl2IN2O4/c25-17-9-14(8-16(11-29)23(31)30-20-3-1-2-18(26)21(20)27)10-19(28)22(17)34-12-13-4-6-15(7-5-13)24(32)33/h1-10H,12H2,(H,30,31)(H,32,33)/b16-8-. The highest BCUT2D eigenvalue weighted by Crippen LogP contribution is 2.34. The summed E-state index contributed by atoms with van der Waals surface area (Å²) in [7, 11) is 0. The quantitative estimate of drug-likeness (QED) is 0.158. The number of carbonyl (C=O) groups is 2. The van der Waals surface area contributed by atoms with Crippen LogP contribution in [-0.4, -0.2) is 17.0 Å². The molecule has 0 atom stereocenters. The van der Waals surface area contributed by atoms with Gasteiger partial charge in [0.15, 0.2) is 0 Å². The zero-order valence-corrected chi connectivity index (χ0v) is 22.4. The molecule has 0 radical (unpaired) electrons. The maximum atomic E-state index is 12.6. The van der Waals surface area contributed by atoms with Crippen molar-refractivity contribution >= 4 is 85.4 Å². The first kappa shape index (κ1) is 26.0. The molecule has 0 spiro atoms. The molecule has 3 aromatic rings. The van der Waals surface area contributed by atoms with Gasteiger partial charge in [0.1, 0.15) is 24.0 Å². The van der Waals surface area contributed by atoms with E-state index in [2.05, 4.69) is 43.8 Å². The van der Waals surface area contributed by atoms with Crippen molar-refractivity contribution in [2.45, 2.75) is 6.61 Å². The third kappa shape index (κ3) is 6.51. The Balaban J connectivity index is 1.76. The molecule has 0 aliphatic heterocycles. The van der Waals surface area contributed by atoms with Crippen molar-refractivity contribution in [1.29, 1.82) is 5.26 Å². The molecule has 0 bridgehead atoms. The van der Waals surface area contributed by atoms with E-state index in [1.165, 1.54) is 18.2 Å². The Morgan fingerprint density at radius 2 is 1.88 bits per heavy atom. The van der Waals surface area contributed by atoms with Gasteiger partial charge in [-0.15, -0.1) is 0 Å². The fourth-order valence-electron chi connectivity index (χ4n) is 2.81. The summed E-state index contributed by atoms with van der Waals surface area (Å²) >= 11 is 17.6. The minimum absolute atomic E-state index is 0.120. The fraction of sp³-hybridized carbons (Fsp3) is 0.0417. The van der Waals surface area contributed by atoms with Crippen LogP contribution in [0, 0.1) is 14.9 Å². The summed E-state index contributed by atoms with van der Waals surface area (Å²) in [6.45, 7) is 0.232. The maximum Gasteiger partial charge on any atom is 0.335 e. The highest BCUT2D eigenvalue weighted by atomic mass is 127. The average Bonchev–Trinajstić information content (AvgIpc) is 2.80. The van der Waals surface area contributed by atoms with Crippen molar-refractivity contribution in [3.8, 4) is 11.8 Å². The highest BCUT2D eigenvalue weighted by molar-refractivity contribution is 14.1. The van der Waals surface area contributed by atoms with Gasteiger partial charge >= 0.3 is 5.97 Å². The van der Waals surface area contributed by atoms with Crippen molar-refractivity contribution in [2.24, 2.45) is 0 Å². The molecule has 2 N–H and O–H groups in total. The van der Waals surface area contributed by atoms with Crippen LogP contribution in [0.3, 0.4) is 0 Å². The molecular weight excluding hydrogens is 658 g/mol. The van der Waals surface area contributed by atoms with Gasteiger partial charge in [0.2, 0.25) is 0 Å². The third-order valence-corrected chi connectivity index (χ3v) is 6.69. The molecule has 0 heterocycles. The first-order valence-electron chi connectivity index (χ1n) is 9.51. The van der Waals surface area contributed by atoms with Crippen molar-refractivity contribution in [3.05, 3.63) is 94.9 Å². The Morgan fingerprint density at radius 3 is 2.50 bits per heavy atom. The van der Waals surface area contributed by atoms with Gasteiger partial charge in [-0.25, -0.2) is 4.79 Å². The Hall–Kier alpha value is -2.58. The summed E-state index contributed by atoms with van der Waals surface area (Å²) in [6.07, 6.45) is 1.45. The summed E-state index contributed by atoms with van der Waals surface area (Å²) in [5.74, 6) is -1.04. The number of halogens is 4. The van der Waals surface area contributed by atoms with Gasteiger partial charge < -0.3 is 15.2 Å². The molecule has 0 fully saturated rings. The summed E-state index contributed by atoms with van der Waals surface area (Å²) in [4.78, 5) is 23.6. The predicted octanol–water partition coefficient (Wildman–Crippen LogP) is 7.18. The zero-order chi connectivity index (χ0) is 24.8. The topological polar surface area (TPSA) is 99.4 Å². The van der Waals surface area contributed by atoms with E-state index in [0.717, 1.165) is 9.13 Å². The molecule has 10 heteroatoms. The molecule has 6 nitrogen and oxygen atoms in total. The number of amides is 1. The minimum atomic E-state index is -0.991. The number of rotatable bonds is 7. The molecule has 3 rings (SSSR count). The van der Waals surface area contributed by atoms with Crippen LogP contribution in [0.2, 0.25) is 10.0 Å². The number of carbonyl (C=O) groups excluding carboxylic acids is 1. The van der Waals surface area contributed by atoms with Crippen LogP contribution >= 0.6 is 61.7 Å². The second-order valence-electron chi connectivity index (χ2n) is 6.83. The SMILES string of the molecule is N#C/C(=C/c1cc(Br)c(OCc2ccc(C(=O)O)cc2)c(I)c1)C(=O)Nc1cccc(Cl)c1Cl. The van der Waals surface area contributed by atoms with E-state index in [1.807, 2.05) is 6.07 Å². The van der Waals surface area contributed by atoms with Crippen LogP contribution in [0.25, 0.3) is 6.08 Å². The molecule has 34 heavy (non-hydrogen) atoms. The Bertz CT molecular complexity index is 1310. The Labute approximate surface area is 227 Å². The lowest BCUT2D eigenvalue weighted by Gasteiger charge is -2.12. The zero-order valence-electron chi connectivity index (χ0n) is 17.1. The van der Waals surface area contributed by atoms with Crippen LogP contribution < -0.4 is 10.1 Å². The minimum Gasteiger partial charge on any atom is -0.487 e. The number of carboxylic acids is 1. The molecule has 0 aliphatic rings. The van der Waals surface area contributed by atoms with Crippen LogP contribution in [0.4, 0.5) is 5.69 Å². The lowest BCUT2D eigenvalue weighted by atomic mass is 10.1. The number of carboxylic acid groups (broad SMARTS) is 1. The van der Waals surface area contributed by atoms with Gasteiger partial charge in [0.05, 0.1) is 29.3 Å². The number of aromatic carboxylic acids is 1. The molecule has 0 saturated carbocycles. The van der Waals surface area contributed by atoms with Crippen molar-refractivity contribution < 1.29 is 19.4 Å². The monoisotopic (exact) mass is 670 g/mol. The van der Waals surface area contributed by atoms with Gasteiger partial charge in [-0.05, 0) is 92.1 Å². The second-order valence-corrected chi connectivity index (χ2v) is 9.63. The highest BCUT2D eigenvalue weighted by Gasteiger charge is 2.15. The summed E-state index contributed by atoms with van der Waals surface area (Å²) in [6, 6.07) is 16.6. The first-order valence-corrected chi connectivity index (χ1v) is 12.1. The predicted molar refractivity (Wildman–Crippen MR) is 143 cm³/mol. The van der Waals surface area contributed by atoms with Crippen molar-refractivity contribution in [1.82, 2.24) is 0 Å². The van der Waals surface area contributed by atoms with E-state index >= 15 is 0 Å². The molecule has 1 amide bonds. The smallest absolute Gasteiger partial charge is 0.335 e. The van der Waals surface area contributed by atoms with Crippen molar-refractivity contribution in [3.63, 3.8) is 0 Å². The van der Waals surface area contributed by atoms with Crippen LogP contribution in [-0.2, 0) is 11.4 Å². The number of nitrogens with zero attached hydrogens (tertiary/aromatic N) is 1. The lowest BCUT2D eigenvalue weighted by molar-refractivity contribution is -0.112. The summed E-state index contributed by atoms with van der Waals surface area (Å²) < 4.78 is 7.27. The van der Waals surface area contributed by atoms with Crippen LogP contribution in [0.1, 0.15) is 21.5 Å². The molecule has 0 saturated heterocycles. The third-order valence-electron chi connectivity index (χ3n) is 4.48. The average molecular weight is 672 g/mol. The molecule has 0 aliphatic carbocycles. The van der Waals surface area contributed by atoms with E-state index in [9.17, 15) is 14.9 Å². The number of anilines is 1. The van der Waals surface area contributed by atoms with Gasteiger partial charge in [-0.1, -0.05) is 41.4 Å². The number of ether oxygens (including phenoxy) is 1. The van der Waals surface area contributed by atoms with Crippen LogP contribution in [0.5, 0.6) is 5.75 Å². The van der Waals surface area contributed by atoms with Gasteiger partial charge in [-0.3, -0.25) is 4.79 Å². The van der Waals surface area contributed by atoms with E-state index in [-0.39, 0.29) is 27.8 Å².